The molecule has 0 saturated heterocycles. The fourth-order valence-electron chi connectivity index (χ4n) is 1.74. The van der Waals surface area contributed by atoms with Gasteiger partial charge in [0.25, 0.3) is 0 Å². The van der Waals surface area contributed by atoms with E-state index in [2.05, 4.69) is 37.7 Å². The van der Waals surface area contributed by atoms with Gasteiger partial charge in [-0.1, -0.05) is 0 Å². The van der Waals surface area contributed by atoms with Crippen molar-refractivity contribution in [3.8, 4) is 0 Å². The molecule has 0 spiro atoms. The van der Waals surface area contributed by atoms with Crippen molar-refractivity contribution in [3.05, 3.63) is 20.8 Å². The number of hydrogen-bond acceptors (Lipinski definition) is 4. The molecule has 0 unspecified atom stereocenters. The Morgan fingerprint density at radius 3 is 2.76 bits per heavy atom. The topological polar surface area (TPSA) is 58.4 Å². The van der Waals surface area contributed by atoms with Crippen LogP contribution in [0.15, 0.2) is 15.2 Å². The molecule has 0 aliphatic rings. The summed E-state index contributed by atoms with van der Waals surface area (Å²) in [7, 11) is 2.00. The number of nitrogens with two attached hydrogens (primary N) is 1. The van der Waals surface area contributed by atoms with Gasteiger partial charge in [0.2, 0.25) is 5.91 Å². The lowest BCUT2D eigenvalue weighted by Gasteiger charge is -2.28. The lowest BCUT2D eigenvalue weighted by Crippen LogP contribution is -2.46. The molecule has 1 aromatic heterocycles. The number of carbonyl (C=O) groups excluding carboxylic acids is 1. The number of carbonyl (C=O) groups is 1. The van der Waals surface area contributed by atoms with Gasteiger partial charge < -0.3 is 4.90 Å². The van der Waals surface area contributed by atoms with E-state index in [0.717, 1.165) is 10.3 Å². The zero-order chi connectivity index (χ0) is 13.1. The molecule has 6 heteroatoms. The van der Waals surface area contributed by atoms with E-state index in [4.69, 9.17) is 5.84 Å². The molecule has 1 aromatic rings. The number of hydrazine groups is 1. The number of rotatable bonds is 5. The van der Waals surface area contributed by atoms with Crippen LogP contribution in [0.3, 0.4) is 0 Å². The molecule has 0 aromatic carbocycles. The van der Waals surface area contributed by atoms with Crippen molar-refractivity contribution >= 4 is 33.2 Å². The van der Waals surface area contributed by atoms with Crippen molar-refractivity contribution < 1.29 is 4.79 Å². The highest BCUT2D eigenvalue weighted by Crippen LogP contribution is 2.23. The highest BCUT2D eigenvalue weighted by Gasteiger charge is 2.28. The molecule has 96 valence electrons. The average Bonchev–Trinajstić information content (AvgIpc) is 2.61. The van der Waals surface area contributed by atoms with E-state index in [1.54, 1.807) is 11.3 Å². The SMILES string of the molecule is CN(Cc1csc(Br)c1)CC(C)(C)C(=O)NN. The third-order valence-corrected chi connectivity index (χ3v) is 4.04. The van der Waals surface area contributed by atoms with Crippen LogP contribution in [0.4, 0.5) is 0 Å². The lowest BCUT2D eigenvalue weighted by molar-refractivity contribution is -0.130. The molecular formula is C11H18BrN3OS. The van der Waals surface area contributed by atoms with Crippen LogP contribution in [-0.4, -0.2) is 24.4 Å². The van der Waals surface area contributed by atoms with Crippen molar-refractivity contribution in [1.29, 1.82) is 0 Å². The smallest absolute Gasteiger partial charge is 0.240 e. The van der Waals surface area contributed by atoms with Crippen LogP contribution in [0, 0.1) is 5.41 Å². The van der Waals surface area contributed by atoms with Crippen LogP contribution < -0.4 is 11.3 Å². The molecule has 0 saturated carbocycles. The van der Waals surface area contributed by atoms with Gasteiger partial charge in [-0.05, 0) is 53.8 Å². The zero-order valence-corrected chi connectivity index (χ0v) is 12.7. The maximum absolute atomic E-state index is 11.6. The summed E-state index contributed by atoms with van der Waals surface area (Å²) in [5.74, 6) is 5.02. The van der Waals surface area contributed by atoms with Gasteiger partial charge in [-0.2, -0.15) is 0 Å². The number of halogens is 1. The van der Waals surface area contributed by atoms with Gasteiger partial charge in [0.05, 0.1) is 9.20 Å². The Hall–Kier alpha value is -0.430. The van der Waals surface area contributed by atoms with E-state index >= 15 is 0 Å². The molecule has 0 fully saturated rings. The van der Waals surface area contributed by atoms with E-state index in [1.807, 2.05) is 20.9 Å². The number of thiophene rings is 1. The Morgan fingerprint density at radius 2 is 2.29 bits per heavy atom. The Bertz CT molecular complexity index is 392. The minimum absolute atomic E-state index is 0.143. The summed E-state index contributed by atoms with van der Waals surface area (Å²) in [4.78, 5) is 13.7. The van der Waals surface area contributed by atoms with Gasteiger partial charge in [0.15, 0.2) is 0 Å². The molecule has 0 radical (unpaired) electrons. The van der Waals surface area contributed by atoms with Gasteiger partial charge in [-0.25, -0.2) is 5.84 Å². The largest absolute Gasteiger partial charge is 0.301 e. The van der Waals surface area contributed by atoms with Crippen molar-refractivity contribution in [1.82, 2.24) is 10.3 Å². The van der Waals surface area contributed by atoms with Gasteiger partial charge in [-0.15, -0.1) is 11.3 Å². The first-order valence-corrected chi connectivity index (χ1v) is 6.95. The van der Waals surface area contributed by atoms with E-state index in [1.165, 1.54) is 5.56 Å². The van der Waals surface area contributed by atoms with E-state index in [-0.39, 0.29) is 5.91 Å². The van der Waals surface area contributed by atoms with Crippen LogP contribution in [0.5, 0.6) is 0 Å². The van der Waals surface area contributed by atoms with E-state index < -0.39 is 5.41 Å². The number of nitrogens with one attached hydrogen (secondary N) is 1. The Labute approximate surface area is 114 Å². The van der Waals surface area contributed by atoms with Crippen LogP contribution in [-0.2, 0) is 11.3 Å². The zero-order valence-electron chi connectivity index (χ0n) is 10.3. The Balaban J connectivity index is 2.54. The van der Waals surface area contributed by atoms with Crippen molar-refractivity contribution in [2.75, 3.05) is 13.6 Å². The fraction of sp³-hybridized carbons (Fsp3) is 0.545. The van der Waals surface area contributed by atoms with Gasteiger partial charge in [-0.3, -0.25) is 10.2 Å². The highest BCUT2D eigenvalue weighted by atomic mass is 79.9. The highest BCUT2D eigenvalue weighted by molar-refractivity contribution is 9.11. The van der Waals surface area contributed by atoms with E-state index in [0.29, 0.717) is 6.54 Å². The van der Waals surface area contributed by atoms with Gasteiger partial charge >= 0.3 is 0 Å². The summed E-state index contributed by atoms with van der Waals surface area (Å²) < 4.78 is 1.12. The van der Waals surface area contributed by atoms with Gasteiger partial charge in [0, 0.05) is 13.1 Å². The predicted octanol–water partition coefficient (Wildman–Crippen LogP) is 1.96. The third-order valence-electron chi connectivity index (χ3n) is 2.49. The molecule has 3 N–H and O–H groups in total. The van der Waals surface area contributed by atoms with Crippen molar-refractivity contribution in [3.63, 3.8) is 0 Å². The predicted molar refractivity (Wildman–Crippen MR) is 74.5 cm³/mol. The third kappa shape index (κ3) is 4.39. The molecule has 0 aliphatic carbocycles. The molecule has 1 amide bonds. The van der Waals surface area contributed by atoms with Crippen LogP contribution >= 0.6 is 27.3 Å². The maximum Gasteiger partial charge on any atom is 0.240 e. The Kier molecular flexibility index (Phi) is 5.12. The molecule has 0 atom stereocenters. The van der Waals surface area contributed by atoms with Crippen LogP contribution in [0.2, 0.25) is 0 Å². The first-order valence-electron chi connectivity index (χ1n) is 5.27. The number of hydrogen-bond donors (Lipinski definition) is 2. The molecule has 0 aliphatic heterocycles. The fourth-order valence-corrected chi connectivity index (χ4v) is 2.94. The molecule has 4 nitrogen and oxygen atoms in total. The van der Waals surface area contributed by atoms with Crippen LogP contribution in [0.25, 0.3) is 0 Å². The Morgan fingerprint density at radius 1 is 1.65 bits per heavy atom. The quantitative estimate of drug-likeness (QED) is 0.495. The summed E-state index contributed by atoms with van der Waals surface area (Å²) in [5, 5.41) is 2.11. The van der Waals surface area contributed by atoms with Crippen LogP contribution in [0.1, 0.15) is 19.4 Å². The first kappa shape index (κ1) is 14.6. The minimum atomic E-state index is -0.489. The molecule has 17 heavy (non-hydrogen) atoms. The summed E-state index contributed by atoms with van der Waals surface area (Å²) in [6.45, 7) is 5.25. The standard InChI is InChI=1S/C11H18BrN3OS/c1-11(2,10(16)14-13)7-15(3)5-8-4-9(12)17-6-8/h4,6H,5,7,13H2,1-3H3,(H,14,16). The molecule has 0 bridgehead atoms. The summed E-state index contributed by atoms with van der Waals surface area (Å²) in [5.41, 5.74) is 2.96. The number of amides is 1. The maximum atomic E-state index is 11.6. The minimum Gasteiger partial charge on any atom is -0.301 e. The average molecular weight is 320 g/mol. The molecular weight excluding hydrogens is 302 g/mol. The normalized spacial score (nSPS) is 11.9. The number of nitrogens with zero attached hydrogens (tertiary/aromatic N) is 1. The summed E-state index contributed by atoms with van der Waals surface area (Å²) >= 11 is 5.10. The van der Waals surface area contributed by atoms with Crippen molar-refractivity contribution in [2.24, 2.45) is 11.3 Å². The summed E-state index contributed by atoms with van der Waals surface area (Å²) in [6, 6.07) is 2.09. The van der Waals surface area contributed by atoms with E-state index in [9.17, 15) is 4.79 Å². The monoisotopic (exact) mass is 319 g/mol. The van der Waals surface area contributed by atoms with Gasteiger partial charge in [0.1, 0.15) is 0 Å². The second-order valence-corrected chi connectivity index (χ2v) is 7.08. The van der Waals surface area contributed by atoms with Crippen molar-refractivity contribution in [2.45, 2.75) is 20.4 Å². The first-order chi connectivity index (χ1) is 7.85. The second-order valence-electron chi connectivity index (χ2n) is 4.79. The summed E-state index contributed by atoms with van der Waals surface area (Å²) in [6.07, 6.45) is 0. The lowest BCUT2D eigenvalue weighted by atomic mass is 9.92. The molecule has 1 rings (SSSR count). The molecule has 1 heterocycles. The second kappa shape index (κ2) is 5.95.